The van der Waals surface area contributed by atoms with Crippen LogP contribution >= 0.6 is 0 Å². The van der Waals surface area contributed by atoms with Crippen LogP contribution in [0.5, 0.6) is 0 Å². The molecule has 1 saturated carbocycles. The highest BCUT2D eigenvalue weighted by Gasteiger charge is 2.23. The first-order valence-corrected chi connectivity index (χ1v) is 5.77. The van der Waals surface area contributed by atoms with E-state index in [-0.39, 0.29) is 0 Å². The molecule has 1 aliphatic carbocycles. The van der Waals surface area contributed by atoms with Crippen LogP contribution in [0.15, 0.2) is 6.20 Å². The van der Waals surface area contributed by atoms with Crippen molar-refractivity contribution in [3.63, 3.8) is 0 Å². The number of aromatic nitrogens is 2. The van der Waals surface area contributed by atoms with Gasteiger partial charge < -0.3 is 5.32 Å². The van der Waals surface area contributed by atoms with Crippen molar-refractivity contribution in [2.24, 2.45) is 11.8 Å². The minimum Gasteiger partial charge on any atom is -0.367 e. The van der Waals surface area contributed by atoms with Gasteiger partial charge in [0.05, 0.1) is 0 Å². The number of nitrogens with one attached hydrogen (secondary N) is 2. The first kappa shape index (κ1) is 11.1. The molecule has 2 unspecified atom stereocenters. The molecule has 1 aromatic rings. The van der Waals surface area contributed by atoms with Gasteiger partial charge in [-0.15, -0.1) is 0 Å². The van der Waals surface area contributed by atoms with Crippen molar-refractivity contribution in [2.75, 3.05) is 10.7 Å². The van der Waals surface area contributed by atoms with Crippen molar-refractivity contribution in [1.82, 2.24) is 9.97 Å². The minimum atomic E-state index is 0.457. The van der Waals surface area contributed by atoms with Crippen molar-refractivity contribution >= 4 is 11.8 Å². The molecule has 5 nitrogen and oxygen atoms in total. The lowest BCUT2D eigenvalue weighted by Crippen LogP contribution is -2.23. The van der Waals surface area contributed by atoms with Gasteiger partial charge in [-0.3, -0.25) is 5.43 Å². The summed E-state index contributed by atoms with van der Waals surface area (Å²) in [4.78, 5) is 8.39. The van der Waals surface area contributed by atoms with E-state index in [2.05, 4.69) is 27.6 Å². The standard InChI is InChI=1S/C11H19N5/c1-7-4-3-5-9(7)14-10-8(2)6-13-11(15-10)16-12/h6-7,9H,3-5,12H2,1-2H3,(H2,13,14,15,16). The van der Waals surface area contributed by atoms with Crippen molar-refractivity contribution in [2.45, 2.75) is 39.2 Å². The number of nitrogens with two attached hydrogens (primary N) is 1. The van der Waals surface area contributed by atoms with Crippen LogP contribution in [0.25, 0.3) is 0 Å². The summed E-state index contributed by atoms with van der Waals surface area (Å²) in [5.41, 5.74) is 3.52. The average molecular weight is 221 g/mol. The Kier molecular flexibility index (Phi) is 3.24. The smallest absolute Gasteiger partial charge is 0.239 e. The second-order valence-electron chi connectivity index (χ2n) is 4.53. The normalized spacial score (nSPS) is 24.4. The second kappa shape index (κ2) is 4.65. The molecular formula is C11H19N5. The Morgan fingerprint density at radius 2 is 2.25 bits per heavy atom. The summed E-state index contributed by atoms with van der Waals surface area (Å²) < 4.78 is 0. The summed E-state index contributed by atoms with van der Waals surface area (Å²) in [5.74, 6) is 7.36. The number of rotatable bonds is 3. The van der Waals surface area contributed by atoms with Gasteiger partial charge in [-0.1, -0.05) is 13.3 Å². The molecule has 0 saturated heterocycles. The molecule has 5 heteroatoms. The molecule has 1 aromatic heterocycles. The molecule has 0 amide bonds. The van der Waals surface area contributed by atoms with Crippen LogP contribution in [0.1, 0.15) is 31.7 Å². The Hall–Kier alpha value is -1.36. The molecule has 1 heterocycles. The fraction of sp³-hybridized carbons (Fsp3) is 0.636. The lowest BCUT2D eigenvalue weighted by atomic mass is 10.1. The molecule has 16 heavy (non-hydrogen) atoms. The van der Waals surface area contributed by atoms with E-state index in [0.717, 1.165) is 11.4 Å². The first-order valence-electron chi connectivity index (χ1n) is 5.77. The number of nitrogens with zero attached hydrogens (tertiary/aromatic N) is 2. The van der Waals surface area contributed by atoms with E-state index in [4.69, 9.17) is 5.84 Å². The maximum Gasteiger partial charge on any atom is 0.239 e. The topological polar surface area (TPSA) is 75.9 Å². The number of anilines is 2. The molecule has 88 valence electrons. The van der Waals surface area contributed by atoms with Gasteiger partial charge in [-0.05, 0) is 25.7 Å². The summed E-state index contributed by atoms with van der Waals surface area (Å²) in [6.07, 6.45) is 5.59. The predicted octanol–water partition coefficient (Wildman–Crippen LogP) is 1.67. The molecule has 1 fully saturated rings. The van der Waals surface area contributed by atoms with E-state index in [1.54, 1.807) is 6.20 Å². The second-order valence-corrected chi connectivity index (χ2v) is 4.53. The van der Waals surface area contributed by atoms with Crippen LogP contribution in [-0.2, 0) is 0 Å². The number of aryl methyl sites for hydroxylation is 1. The fourth-order valence-electron chi connectivity index (χ4n) is 2.19. The third-order valence-electron chi connectivity index (χ3n) is 3.28. The molecule has 0 bridgehead atoms. The Labute approximate surface area is 95.8 Å². The molecule has 0 aromatic carbocycles. The van der Waals surface area contributed by atoms with E-state index in [1.807, 2.05) is 6.92 Å². The average Bonchev–Trinajstić information content (AvgIpc) is 2.68. The zero-order valence-electron chi connectivity index (χ0n) is 9.83. The van der Waals surface area contributed by atoms with Crippen LogP contribution in [0.3, 0.4) is 0 Å². The maximum absolute atomic E-state index is 5.30. The Morgan fingerprint density at radius 3 is 2.88 bits per heavy atom. The SMILES string of the molecule is Cc1cnc(NN)nc1NC1CCCC1C. The van der Waals surface area contributed by atoms with Gasteiger partial charge in [-0.25, -0.2) is 10.8 Å². The summed E-state index contributed by atoms with van der Waals surface area (Å²) in [6, 6.07) is 0.527. The van der Waals surface area contributed by atoms with Crippen molar-refractivity contribution in [3.05, 3.63) is 11.8 Å². The molecule has 1 aliphatic rings. The zero-order valence-corrected chi connectivity index (χ0v) is 9.83. The van der Waals surface area contributed by atoms with E-state index >= 15 is 0 Å². The number of hydrazine groups is 1. The number of hydrogen-bond acceptors (Lipinski definition) is 5. The molecule has 0 aliphatic heterocycles. The van der Waals surface area contributed by atoms with Crippen molar-refractivity contribution < 1.29 is 0 Å². The molecule has 2 atom stereocenters. The van der Waals surface area contributed by atoms with Crippen LogP contribution in [-0.4, -0.2) is 16.0 Å². The van der Waals surface area contributed by atoms with Crippen LogP contribution in [0, 0.1) is 12.8 Å². The van der Waals surface area contributed by atoms with Gasteiger partial charge >= 0.3 is 0 Å². The van der Waals surface area contributed by atoms with E-state index < -0.39 is 0 Å². The largest absolute Gasteiger partial charge is 0.367 e. The maximum atomic E-state index is 5.30. The van der Waals surface area contributed by atoms with Gasteiger partial charge in [-0.2, -0.15) is 4.98 Å². The predicted molar refractivity (Wildman–Crippen MR) is 65.0 cm³/mol. The van der Waals surface area contributed by atoms with Crippen LogP contribution < -0.4 is 16.6 Å². The molecule has 4 N–H and O–H groups in total. The van der Waals surface area contributed by atoms with Crippen molar-refractivity contribution in [1.29, 1.82) is 0 Å². The zero-order chi connectivity index (χ0) is 11.5. The highest BCUT2D eigenvalue weighted by molar-refractivity contribution is 5.47. The number of nitrogen functional groups attached to an aromatic ring is 1. The Bertz CT molecular complexity index is 365. The fourth-order valence-corrected chi connectivity index (χ4v) is 2.19. The van der Waals surface area contributed by atoms with Crippen LogP contribution in [0.4, 0.5) is 11.8 Å². The summed E-state index contributed by atoms with van der Waals surface area (Å²) in [7, 11) is 0. The lowest BCUT2D eigenvalue weighted by molar-refractivity contribution is 0.554. The summed E-state index contributed by atoms with van der Waals surface area (Å²) in [6.45, 7) is 4.28. The Morgan fingerprint density at radius 1 is 1.44 bits per heavy atom. The van der Waals surface area contributed by atoms with Gasteiger partial charge in [0.2, 0.25) is 5.95 Å². The third kappa shape index (κ3) is 2.24. The summed E-state index contributed by atoms with van der Waals surface area (Å²) >= 11 is 0. The molecular weight excluding hydrogens is 202 g/mol. The highest BCUT2D eigenvalue weighted by atomic mass is 15.3. The third-order valence-corrected chi connectivity index (χ3v) is 3.28. The molecule has 0 spiro atoms. The van der Waals surface area contributed by atoms with Crippen LogP contribution in [0.2, 0.25) is 0 Å². The lowest BCUT2D eigenvalue weighted by Gasteiger charge is -2.19. The van der Waals surface area contributed by atoms with Gasteiger partial charge in [0.25, 0.3) is 0 Å². The monoisotopic (exact) mass is 221 g/mol. The van der Waals surface area contributed by atoms with E-state index in [9.17, 15) is 0 Å². The quantitative estimate of drug-likeness (QED) is 0.534. The Balaban J connectivity index is 2.13. The van der Waals surface area contributed by atoms with E-state index in [0.29, 0.717) is 17.9 Å². The first-order chi connectivity index (χ1) is 7.70. The van der Waals surface area contributed by atoms with Gasteiger partial charge in [0.1, 0.15) is 5.82 Å². The minimum absolute atomic E-state index is 0.457. The van der Waals surface area contributed by atoms with Gasteiger partial charge in [0.15, 0.2) is 0 Å². The molecule has 0 radical (unpaired) electrons. The highest BCUT2D eigenvalue weighted by Crippen LogP contribution is 2.28. The molecule has 2 rings (SSSR count). The van der Waals surface area contributed by atoms with Crippen molar-refractivity contribution in [3.8, 4) is 0 Å². The van der Waals surface area contributed by atoms with E-state index in [1.165, 1.54) is 19.3 Å². The summed E-state index contributed by atoms with van der Waals surface area (Å²) in [5, 5.41) is 3.49. The number of hydrogen-bond donors (Lipinski definition) is 3. The van der Waals surface area contributed by atoms with Gasteiger partial charge in [0, 0.05) is 17.8 Å².